The normalized spacial score (nSPS) is 8.82. The summed E-state index contributed by atoms with van der Waals surface area (Å²) in [7, 11) is 3.66. The standard InChI is InChI=1S/C11H17N3O.2ClH/c1-12-6-5-11(15)14(2)9-10-3-7-13-8-4-10;;/h3-4,7-8,12H,5-6,9H2,1-2H3;2*1H. The summed E-state index contributed by atoms with van der Waals surface area (Å²) in [5.41, 5.74) is 1.10. The van der Waals surface area contributed by atoms with E-state index in [-0.39, 0.29) is 30.7 Å². The van der Waals surface area contributed by atoms with Crippen LogP contribution in [-0.2, 0) is 11.3 Å². The van der Waals surface area contributed by atoms with Crippen molar-refractivity contribution >= 4 is 30.7 Å². The van der Waals surface area contributed by atoms with Crippen LogP contribution in [0.15, 0.2) is 24.5 Å². The summed E-state index contributed by atoms with van der Waals surface area (Å²) in [6.07, 6.45) is 4.01. The van der Waals surface area contributed by atoms with E-state index in [4.69, 9.17) is 0 Å². The van der Waals surface area contributed by atoms with Crippen molar-refractivity contribution < 1.29 is 4.79 Å². The molecule has 1 amide bonds. The number of carbonyl (C=O) groups is 1. The van der Waals surface area contributed by atoms with Crippen LogP contribution in [-0.4, -0.2) is 36.4 Å². The highest BCUT2D eigenvalue weighted by molar-refractivity contribution is 5.85. The monoisotopic (exact) mass is 279 g/mol. The Morgan fingerprint density at radius 3 is 2.47 bits per heavy atom. The molecule has 0 spiro atoms. The zero-order valence-electron chi connectivity index (χ0n) is 10.0. The largest absolute Gasteiger partial charge is 0.341 e. The van der Waals surface area contributed by atoms with Crippen LogP contribution in [0.2, 0.25) is 0 Å². The van der Waals surface area contributed by atoms with Crippen molar-refractivity contribution in [1.29, 1.82) is 0 Å². The molecule has 1 aromatic heterocycles. The Labute approximate surface area is 115 Å². The molecule has 0 radical (unpaired) electrons. The van der Waals surface area contributed by atoms with Gasteiger partial charge in [-0.15, -0.1) is 24.8 Å². The van der Waals surface area contributed by atoms with Crippen LogP contribution in [0.5, 0.6) is 0 Å². The van der Waals surface area contributed by atoms with E-state index in [0.717, 1.165) is 12.1 Å². The van der Waals surface area contributed by atoms with E-state index in [1.54, 1.807) is 17.3 Å². The lowest BCUT2D eigenvalue weighted by Gasteiger charge is -2.16. The molecule has 0 aliphatic rings. The lowest BCUT2D eigenvalue weighted by atomic mass is 10.2. The van der Waals surface area contributed by atoms with E-state index in [1.165, 1.54) is 0 Å². The first-order valence-corrected chi connectivity index (χ1v) is 5.01. The van der Waals surface area contributed by atoms with E-state index in [0.29, 0.717) is 13.0 Å². The number of aromatic nitrogens is 1. The molecule has 17 heavy (non-hydrogen) atoms. The number of halogens is 2. The quantitative estimate of drug-likeness (QED) is 0.889. The first-order valence-electron chi connectivity index (χ1n) is 5.01. The van der Waals surface area contributed by atoms with Gasteiger partial charge in [0.1, 0.15) is 0 Å². The average Bonchev–Trinajstić information content (AvgIpc) is 2.27. The van der Waals surface area contributed by atoms with Crippen molar-refractivity contribution in [2.45, 2.75) is 13.0 Å². The molecule has 0 atom stereocenters. The highest BCUT2D eigenvalue weighted by Crippen LogP contribution is 2.02. The molecule has 98 valence electrons. The highest BCUT2D eigenvalue weighted by Gasteiger charge is 2.07. The Balaban J connectivity index is 0. The summed E-state index contributed by atoms with van der Waals surface area (Å²) < 4.78 is 0. The molecule has 4 nitrogen and oxygen atoms in total. The Morgan fingerprint density at radius 2 is 1.94 bits per heavy atom. The van der Waals surface area contributed by atoms with Gasteiger partial charge in [0.2, 0.25) is 5.91 Å². The highest BCUT2D eigenvalue weighted by atomic mass is 35.5. The molecule has 0 unspecified atom stereocenters. The Morgan fingerprint density at radius 1 is 1.35 bits per heavy atom. The molecule has 0 saturated carbocycles. The number of pyridine rings is 1. The van der Waals surface area contributed by atoms with E-state index in [1.807, 2.05) is 26.2 Å². The minimum Gasteiger partial charge on any atom is -0.341 e. The third kappa shape index (κ3) is 7.15. The fraction of sp³-hybridized carbons (Fsp3) is 0.455. The van der Waals surface area contributed by atoms with Gasteiger partial charge in [-0.1, -0.05) is 0 Å². The molecule has 1 aromatic rings. The Hall–Kier alpha value is -0.840. The number of rotatable bonds is 5. The number of carbonyl (C=O) groups excluding carboxylic acids is 1. The van der Waals surface area contributed by atoms with Crippen LogP contribution >= 0.6 is 24.8 Å². The maximum absolute atomic E-state index is 11.6. The predicted molar refractivity (Wildman–Crippen MR) is 73.8 cm³/mol. The van der Waals surface area contributed by atoms with Crippen LogP contribution < -0.4 is 5.32 Å². The number of hydrogen-bond donors (Lipinski definition) is 1. The summed E-state index contributed by atoms with van der Waals surface area (Å²) in [4.78, 5) is 17.2. The topological polar surface area (TPSA) is 45.2 Å². The molecule has 1 heterocycles. The van der Waals surface area contributed by atoms with Crippen molar-refractivity contribution in [3.63, 3.8) is 0 Å². The summed E-state index contributed by atoms with van der Waals surface area (Å²) in [5.74, 6) is 0.154. The summed E-state index contributed by atoms with van der Waals surface area (Å²) in [6.45, 7) is 1.37. The number of nitrogens with one attached hydrogen (secondary N) is 1. The van der Waals surface area contributed by atoms with E-state index in [2.05, 4.69) is 10.3 Å². The lowest BCUT2D eigenvalue weighted by molar-refractivity contribution is -0.130. The second-order valence-corrected chi connectivity index (χ2v) is 3.46. The van der Waals surface area contributed by atoms with Crippen LogP contribution in [0.25, 0.3) is 0 Å². The molecular weight excluding hydrogens is 261 g/mol. The van der Waals surface area contributed by atoms with Crippen LogP contribution in [0.4, 0.5) is 0 Å². The van der Waals surface area contributed by atoms with Gasteiger partial charge in [-0.2, -0.15) is 0 Å². The molecule has 0 aromatic carbocycles. The van der Waals surface area contributed by atoms with Crippen LogP contribution in [0.3, 0.4) is 0 Å². The minimum atomic E-state index is 0. The SMILES string of the molecule is CNCCC(=O)N(C)Cc1ccncc1.Cl.Cl. The molecule has 0 fully saturated rings. The molecule has 0 saturated heterocycles. The van der Waals surface area contributed by atoms with Crippen molar-refractivity contribution in [2.75, 3.05) is 20.6 Å². The van der Waals surface area contributed by atoms with Gasteiger partial charge in [0.25, 0.3) is 0 Å². The molecule has 1 N–H and O–H groups in total. The fourth-order valence-electron chi connectivity index (χ4n) is 1.27. The smallest absolute Gasteiger partial charge is 0.223 e. The number of amides is 1. The molecule has 0 bridgehead atoms. The Kier molecular flexibility index (Phi) is 11.2. The van der Waals surface area contributed by atoms with Gasteiger partial charge >= 0.3 is 0 Å². The van der Waals surface area contributed by atoms with Crippen molar-refractivity contribution in [1.82, 2.24) is 15.2 Å². The second-order valence-electron chi connectivity index (χ2n) is 3.46. The third-order valence-electron chi connectivity index (χ3n) is 2.18. The van der Waals surface area contributed by atoms with Gasteiger partial charge in [-0.05, 0) is 24.7 Å². The summed E-state index contributed by atoms with van der Waals surface area (Å²) >= 11 is 0. The van der Waals surface area contributed by atoms with Gasteiger partial charge in [0, 0.05) is 39.0 Å². The maximum atomic E-state index is 11.6. The first-order chi connectivity index (χ1) is 7.24. The van der Waals surface area contributed by atoms with Crippen molar-refractivity contribution in [2.24, 2.45) is 0 Å². The maximum Gasteiger partial charge on any atom is 0.223 e. The lowest BCUT2D eigenvalue weighted by Crippen LogP contribution is -2.28. The molecule has 6 heteroatoms. The zero-order chi connectivity index (χ0) is 11.1. The van der Waals surface area contributed by atoms with Crippen molar-refractivity contribution in [3.8, 4) is 0 Å². The molecule has 0 aliphatic heterocycles. The zero-order valence-corrected chi connectivity index (χ0v) is 11.7. The summed E-state index contributed by atoms with van der Waals surface area (Å²) in [6, 6.07) is 3.84. The second kappa shape index (κ2) is 10.3. The fourth-order valence-corrected chi connectivity index (χ4v) is 1.27. The van der Waals surface area contributed by atoms with E-state index < -0.39 is 0 Å². The molecular formula is C11H19Cl2N3O. The first kappa shape index (κ1) is 18.5. The van der Waals surface area contributed by atoms with E-state index >= 15 is 0 Å². The molecule has 0 aliphatic carbocycles. The third-order valence-corrected chi connectivity index (χ3v) is 2.18. The summed E-state index contributed by atoms with van der Waals surface area (Å²) in [5, 5.41) is 2.96. The van der Waals surface area contributed by atoms with Gasteiger partial charge in [0.05, 0.1) is 0 Å². The minimum absolute atomic E-state index is 0. The number of hydrogen-bond acceptors (Lipinski definition) is 3. The van der Waals surface area contributed by atoms with Crippen LogP contribution in [0.1, 0.15) is 12.0 Å². The average molecular weight is 280 g/mol. The van der Waals surface area contributed by atoms with Crippen molar-refractivity contribution in [3.05, 3.63) is 30.1 Å². The van der Waals surface area contributed by atoms with Gasteiger partial charge in [0.15, 0.2) is 0 Å². The van der Waals surface area contributed by atoms with E-state index in [9.17, 15) is 4.79 Å². The van der Waals surface area contributed by atoms with Gasteiger partial charge in [-0.3, -0.25) is 9.78 Å². The Bertz CT molecular complexity index is 309. The van der Waals surface area contributed by atoms with Gasteiger partial charge in [-0.25, -0.2) is 0 Å². The molecule has 1 rings (SSSR count). The predicted octanol–water partition coefficient (Wildman–Crippen LogP) is 1.49. The van der Waals surface area contributed by atoms with Crippen LogP contribution in [0, 0.1) is 0 Å². The number of nitrogens with zero attached hydrogens (tertiary/aromatic N) is 2. The van der Waals surface area contributed by atoms with Gasteiger partial charge < -0.3 is 10.2 Å².